The lowest BCUT2D eigenvalue weighted by Crippen LogP contribution is -2.09. The number of aryl methyl sites for hydroxylation is 1. The molecule has 2 aromatic carbocycles. The van der Waals surface area contributed by atoms with Crippen LogP contribution in [0.2, 0.25) is 5.15 Å². The quantitative estimate of drug-likeness (QED) is 0.377. The molecular weight excluding hydrogens is 414 g/mol. The van der Waals surface area contributed by atoms with Crippen molar-refractivity contribution in [3.05, 3.63) is 82.5 Å². The van der Waals surface area contributed by atoms with Crippen LogP contribution < -0.4 is 0 Å². The fraction of sp³-hybridized carbons (Fsp3) is 0.208. The molecule has 0 unspecified atom stereocenters. The zero-order valence-electron chi connectivity index (χ0n) is 17.1. The van der Waals surface area contributed by atoms with E-state index in [0.29, 0.717) is 17.6 Å². The van der Waals surface area contributed by atoms with Crippen molar-refractivity contribution in [2.45, 2.75) is 32.7 Å². The number of hydrogen-bond donors (Lipinski definition) is 1. The molecular formula is C24H22ClN3O3. The van der Waals surface area contributed by atoms with Gasteiger partial charge in [-0.2, -0.15) is 0 Å². The molecule has 4 rings (SSSR count). The first-order valence-electron chi connectivity index (χ1n) is 10.2. The van der Waals surface area contributed by atoms with E-state index in [1.807, 2.05) is 57.7 Å². The van der Waals surface area contributed by atoms with E-state index in [2.05, 4.69) is 11.9 Å². The molecule has 0 aliphatic carbocycles. The Morgan fingerprint density at radius 1 is 1.16 bits per heavy atom. The van der Waals surface area contributed by atoms with Gasteiger partial charge in [0.05, 0.1) is 11.1 Å². The van der Waals surface area contributed by atoms with Gasteiger partial charge in [0, 0.05) is 30.2 Å². The van der Waals surface area contributed by atoms with Crippen molar-refractivity contribution in [3.8, 4) is 5.69 Å². The van der Waals surface area contributed by atoms with Crippen LogP contribution in [0, 0.1) is 0 Å². The first-order chi connectivity index (χ1) is 15.0. The van der Waals surface area contributed by atoms with E-state index in [1.165, 1.54) is 0 Å². The summed E-state index contributed by atoms with van der Waals surface area (Å²) in [5.74, 6) is -0.148. The zero-order chi connectivity index (χ0) is 22.0. The predicted molar refractivity (Wildman–Crippen MR) is 121 cm³/mol. The number of aromatic carboxylic acids is 1. The number of hydrogen-bond acceptors (Lipinski definition) is 3. The van der Waals surface area contributed by atoms with Gasteiger partial charge in [0.25, 0.3) is 0 Å². The number of carbonyl (C=O) groups is 2. The highest BCUT2D eigenvalue weighted by atomic mass is 35.5. The number of nitrogens with zero attached hydrogens (tertiary/aromatic N) is 3. The number of carbonyl (C=O) groups excluding carboxylic acids is 1. The number of halogens is 1. The molecule has 2 aromatic heterocycles. The second kappa shape index (κ2) is 8.78. The van der Waals surface area contributed by atoms with Gasteiger partial charge in [-0.15, -0.1) is 0 Å². The zero-order valence-corrected chi connectivity index (χ0v) is 17.8. The second-order valence-electron chi connectivity index (χ2n) is 7.41. The van der Waals surface area contributed by atoms with Gasteiger partial charge in [0.1, 0.15) is 11.5 Å². The topological polar surface area (TPSA) is 77.1 Å². The van der Waals surface area contributed by atoms with Crippen LogP contribution in [-0.4, -0.2) is 31.5 Å². The Balaban J connectivity index is 1.67. The van der Waals surface area contributed by atoms with Gasteiger partial charge in [-0.3, -0.25) is 4.79 Å². The maximum atomic E-state index is 11.6. The monoisotopic (exact) mass is 435 g/mol. The molecule has 7 heteroatoms. The van der Waals surface area contributed by atoms with E-state index in [0.717, 1.165) is 48.1 Å². The van der Waals surface area contributed by atoms with E-state index < -0.39 is 5.97 Å². The summed E-state index contributed by atoms with van der Waals surface area (Å²) >= 11 is 6.17. The van der Waals surface area contributed by atoms with Gasteiger partial charge < -0.3 is 14.2 Å². The van der Waals surface area contributed by atoms with E-state index >= 15 is 0 Å². The minimum Gasteiger partial charge on any atom is -0.478 e. The smallest absolute Gasteiger partial charge is 0.337 e. The number of carboxylic acids is 1. The molecule has 31 heavy (non-hydrogen) atoms. The van der Waals surface area contributed by atoms with Crippen LogP contribution in [0.4, 0.5) is 0 Å². The molecule has 0 spiro atoms. The molecule has 158 valence electrons. The molecule has 0 fully saturated rings. The van der Waals surface area contributed by atoms with Crippen LogP contribution in [0.15, 0.2) is 54.7 Å². The highest BCUT2D eigenvalue weighted by Crippen LogP contribution is 2.26. The predicted octanol–water partition coefficient (Wildman–Crippen LogP) is 5.38. The van der Waals surface area contributed by atoms with Crippen molar-refractivity contribution in [2.75, 3.05) is 0 Å². The minimum atomic E-state index is -0.954. The molecule has 2 heterocycles. The van der Waals surface area contributed by atoms with Crippen molar-refractivity contribution < 1.29 is 14.7 Å². The number of aromatic nitrogens is 3. The Kier molecular flexibility index (Phi) is 5.91. The summed E-state index contributed by atoms with van der Waals surface area (Å²) in [4.78, 5) is 27.5. The molecule has 0 aliphatic rings. The average Bonchev–Trinajstić information content (AvgIpc) is 3.30. The standard InChI is InChI=1S/C24H22ClN3O3/c1-2-3-8-22-26-23(25)21(15-29)28(22)13-16-9-11-17(12-10-16)27-14-19(24(30)31)18-6-4-5-7-20(18)27/h4-7,9-12,14-15H,2-3,8,13H2,1H3,(H,30,31). The van der Waals surface area contributed by atoms with Crippen LogP contribution in [0.3, 0.4) is 0 Å². The summed E-state index contributed by atoms with van der Waals surface area (Å²) in [5.41, 5.74) is 3.34. The Morgan fingerprint density at radius 2 is 1.90 bits per heavy atom. The maximum absolute atomic E-state index is 11.6. The molecule has 0 bridgehead atoms. The Bertz CT molecular complexity index is 1260. The molecule has 0 radical (unpaired) electrons. The molecule has 0 atom stereocenters. The van der Waals surface area contributed by atoms with Gasteiger partial charge in [-0.05, 0) is 30.2 Å². The van der Waals surface area contributed by atoms with Crippen molar-refractivity contribution in [2.24, 2.45) is 0 Å². The highest BCUT2D eigenvalue weighted by Gasteiger charge is 2.17. The molecule has 0 saturated heterocycles. The number of para-hydroxylation sites is 1. The van der Waals surface area contributed by atoms with Crippen LogP contribution in [0.1, 0.15) is 52.0 Å². The van der Waals surface area contributed by atoms with E-state index in [1.54, 1.807) is 6.20 Å². The average molecular weight is 436 g/mol. The number of aldehydes is 1. The van der Waals surface area contributed by atoms with Crippen LogP contribution >= 0.6 is 11.6 Å². The summed E-state index contributed by atoms with van der Waals surface area (Å²) < 4.78 is 3.74. The number of carboxylic acid groups (broad SMARTS) is 1. The summed E-state index contributed by atoms with van der Waals surface area (Å²) in [6, 6.07) is 15.3. The Morgan fingerprint density at radius 3 is 2.58 bits per heavy atom. The number of fused-ring (bicyclic) bond motifs is 1. The fourth-order valence-electron chi connectivity index (χ4n) is 3.80. The lowest BCUT2D eigenvalue weighted by molar-refractivity contribution is 0.0698. The third kappa shape index (κ3) is 3.99. The number of rotatable bonds is 8. The first-order valence-corrected chi connectivity index (χ1v) is 10.5. The van der Waals surface area contributed by atoms with Crippen LogP contribution in [0.5, 0.6) is 0 Å². The summed E-state index contributed by atoms with van der Waals surface area (Å²) in [5, 5.41) is 10.5. The first kappa shape index (κ1) is 20.9. The second-order valence-corrected chi connectivity index (χ2v) is 7.77. The SMILES string of the molecule is CCCCc1nc(Cl)c(C=O)n1Cc1ccc(-n2cc(C(=O)O)c3ccccc32)cc1. The molecule has 0 saturated carbocycles. The van der Waals surface area contributed by atoms with Gasteiger partial charge in [-0.1, -0.05) is 55.3 Å². The van der Waals surface area contributed by atoms with Crippen molar-refractivity contribution in [1.29, 1.82) is 0 Å². The highest BCUT2D eigenvalue weighted by molar-refractivity contribution is 6.31. The summed E-state index contributed by atoms with van der Waals surface area (Å²) in [6.07, 6.45) is 5.15. The Hall–Kier alpha value is -3.38. The lowest BCUT2D eigenvalue weighted by Gasteiger charge is -2.11. The van der Waals surface area contributed by atoms with Crippen LogP contribution in [-0.2, 0) is 13.0 Å². The van der Waals surface area contributed by atoms with E-state index in [9.17, 15) is 14.7 Å². The molecule has 6 nitrogen and oxygen atoms in total. The van der Waals surface area contributed by atoms with E-state index in [-0.39, 0.29) is 10.7 Å². The Labute approximate surface area is 184 Å². The van der Waals surface area contributed by atoms with Crippen molar-refractivity contribution in [3.63, 3.8) is 0 Å². The number of imidazole rings is 1. The van der Waals surface area contributed by atoms with Crippen LogP contribution in [0.25, 0.3) is 16.6 Å². The summed E-state index contributed by atoms with van der Waals surface area (Å²) in [6.45, 7) is 2.59. The fourth-order valence-corrected chi connectivity index (χ4v) is 4.05. The normalized spacial score (nSPS) is 11.2. The van der Waals surface area contributed by atoms with Gasteiger partial charge in [0.2, 0.25) is 0 Å². The van der Waals surface area contributed by atoms with Crippen molar-refractivity contribution >= 4 is 34.8 Å². The van der Waals surface area contributed by atoms with Gasteiger partial charge in [0.15, 0.2) is 11.4 Å². The number of benzene rings is 2. The molecule has 4 aromatic rings. The van der Waals surface area contributed by atoms with E-state index in [4.69, 9.17) is 11.6 Å². The van der Waals surface area contributed by atoms with Crippen molar-refractivity contribution in [1.82, 2.24) is 14.1 Å². The maximum Gasteiger partial charge on any atom is 0.337 e. The largest absolute Gasteiger partial charge is 0.478 e. The lowest BCUT2D eigenvalue weighted by atomic mass is 10.1. The number of unbranched alkanes of at least 4 members (excludes halogenated alkanes) is 1. The van der Waals surface area contributed by atoms with Gasteiger partial charge in [-0.25, -0.2) is 9.78 Å². The van der Waals surface area contributed by atoms with Gasteiger partial charge >= 0.3 is 5.97 Å². The molecule has 0 amide bonds. The third-order valence-corrected chi connectivity index (χ3v) is 5.68. The molecule has 0 aliphatic heterocycles. The minimum absolute atomic E-state index is 0.234. The molecule has 1 N–H and O–H groups in total. The summed E-state index contributed by atoms with van der Waals surface area (Å²) in [7, 11) is 0. The third-order valence-electron chi connectivity index (χ3n) is 5.40.